The van der Waals surface area contributed by atoms with Crippen molar-refractivity contribution in [2.75, 3.05) is 6.79 Å². The Kier molecular flexibility index (Phi) is 2.10. The van der Waals surface area contributed by atoms with Gasteiger partial charge in [-0.05, 0) is 0 Å². The van der Waals surface area contributed by atoms with E-state index in [1.807, 2.05) is 30.3 Å². The van der Waals surface area contributed by atoms with Crippen LogP contribution in [0.25, 0.3) is 5.76 Å². The molecule has 0 saturated heterocycles. The first kappa shape index (κ1) is 8.62. The monoisotopic (exact) mass is 191 g/mol. The Morgan fingerprint density at radius 2 is 1.93 bits per heavy atom. The van der Waals surface area contributed by atoms with E-state index >= 15 is 0 Å². The van der Waals surface area contributed by atoms with Gasteiger partial charge in [-0.3, -0.25) is 4.79 Å². The number of primary amides is 1. The Morgan fingerprint density at radius 1 is 1.21 bits per heavy atom. The summed E-state index contributed by atoms with van der Waals surface area (Å²) in [6, 6.07) is 9.23. The first-order valence-corrected chi connectivity index (χ1v) is 4.14. The largest absolute Gasteiger partial charge is 0.453 e. The zero-order chi connectivity index (χ0) is 9.97. The molecule has 2 rings (SSSR count). The Bertz CT molecular complexity index is 384. The standard InChI is InChI=1S/C10H9NO3/c11-10(12)9-8(13-6-14-9)7-4-2-1-3-5-7/h1-5H,6H2,(H2,11,12). The Balaban J connectivity index is 2.43. The summed E-state index contributed by atoms with van der Waals surface area (Å²) >= 11 is 0. The number of hydrogen-bond donors (Lipinski definition) is 1. The van der Waals surface area contributed by atoms with Crippen molar-refractivity contribution in [1.29, 1.82) is 0 Å². The average Bonchev–Trinajstić information content (AvgIpc) is 2.67. The van der Waals surface area contributed by atoms with E-state index in [2.05, 4.69) is 0 Å². The van der Waals surface area contributed by atoms with Crippen molar-refractivity contribution < 1.29 is 14.3 Å². The lowest BCUT2D eigenvalue weighted by atomic mass is 10.1. The Hall–Kier alpha value is -1.97. The molecular formula is C10H9NO3. The van der Waals surface area contributed by atoms with E-state index in [1.54, 1.807) is 0 Å². The molecule has 1 heterocycles. The van der Waals surface area contributed by atoms with Crippen LogP contribution < -0.4 is 5.73 Å². The van der Waals surface area contributed by atoms with Crippen molar-refractivity contribution in [2.24, 2.45) is 5.73 Å². The maximum Gasteiger partial charge on any atom is 0.287 e. The van der Waals surface area contributed by atoms with Crippen LogP contribution in [0.15, 0.2) is 36.1 Å². The van der Waals surface area contributed by atoms with E-state index in [9.17, 15) is 4.79 Å². The van der Waals surface area contributed by atoms with E-state index in [0.29, 0.717) is 5.76 Å². The zero-order valence-corrected chi connectivity index (χ0v) is 7.40. The topological polar surface area (TPSA) is 61.6 Å². The van der Waals surface area contributed by atoms with Crippen molar-refractivity contribution in [3.05, 3.63) is 41.7 Å². The zero-order valence-electron chi connectivity index (χ0n) is 7.40. The minimum Gasteiger partial charge on any atom is -0.453 e. The molecule has 0 aromatic heterocycles. The van der Waals surface area contributed by atoms with Crippen molar-refractivity contribution in [1.82, 2.24) is 0 Å². The maximum atomic E-state index is 10.9. The number of amides is 1. The fraction of sp³-hybridized carbons (Fsp3) is 0.100. The molecule has 4 heteroatoms. The third-order valence-corrected chi connectivity index (χ3v) is 1.87. The molecule has 0 aliphatic carbocycles. The molecule has 1 aromatic carbocycles. The first-order valence-electron chi connectivity index (χ1n) is 4.14. The fourth-order valence-electron chi connectivity index (χ4n) is 1.27. The normalized spacial score (nSPS) is 14.9. The highest BCUT2D eigenvalue weighted by molar-refractivity contribution is 5.97. The van der Waals surface area contributed by atoms with Gasteiger partial charge in [0.25, 0.3) is 5.91 Å². The lowest BCUT2D eigenvalue weighted by Gasteiger charge is -2.00. The van der Waals surface area contributed by atoms with Gasteiger partial charge in [0, 0.05) is 5.56 Å². The van der Waals surface area contributed by atoms with Crippen molar-refractivity contribution in [2.45, 2.75) is 0 Å². The second kappa shape index (κ2) is 3.41. The Morgan fingerprint density at radius 3 is 2.57 bits per heavy atom. The number of hydrogen-bond acceptors (Lipinski definition) is 3. The molecule has 0 atom stereocenters. The first-order chi connectivity index (χ1) is 6.79. The quantitative estimate of drug-likeness (QED) is 0.753. The predicted molar refractivity (Wildman–Crippen MR) is 49.6 cm³/mol. The summed E-state index contributed by atoms with van der Waals surface area (Å²) in [4.78, 5) is 10.9. The van der Waals surface area contributed by atoms with Crippen molar-refractivity contribution in [3.8, 4) is 0 Å². The molecule has 1 aliphatic rings. The van der Waals surface area contributed by atoms with Crippen LogP contribution in [-0.2, 0) is 14.3 Å². The van der Waals surface area contributed by atoms with Crippen molar-refractivity contribution >= 4 is 11.7 Å². The molecule has 1 aliphatic heterocycles. The second-order valence-corrected chi connectivity index (χ2v) is 2.80. The van der Waals surface area contributed by atoms with Gasteiger partial charge < -0.3 is 15.2 Å². The van der Waals surface area contributed by atoms with Crippen LogP contribution in [0.4, 0.5) is 0 Å². The molecular weight excluding hydrogens is 182 g/mol. The summed E-state index contributed by atoms with van der Waals surface area (Å²) in [6.07, 6.45) is 0. The Labute approximate surface area is 80.9 Å². The number of nitrogens with two attached hydrogens (primary N) is 1. The summed E-state index contributed by atoms with van der Waals surface area (Å²) in [6.45, 7) is 0.0441. The highest BCUT2D eigenvalue weighted by atomic mass is 16.7. The molecule has 0 fully saturated rings. The van der Waals surface area contributed by atoms with Gasteiger partial charge >= 0.3 is 0 Å². The van der Waals surface area contributed by atoms with Gasteiger partial charge in [-0.1, -0.05) is 30.3 Å². The highest BCUT2D eigenvalue weighted by Crippen LogP contribution is 2.25. The number of carbonyl (C=O) groups is 1. The molecule has 0 bridgehead atoms. The fourth-order valence-corrected chi connectivity index (χ4v) is 1.27. The van der Waals surface area contributed by atoms with E-state index in [1.165, 1.54) is 0 Å². The lowest BCUT2D eigenvalue weighted by Crippen LogP contribution is -2.14. The van der Waals surface area contributed by atoms with Crippen LogP contribution in [0.5, 0.6) is 0 Å². The molecule has 2 N–H and O–H groups in total. The third-order valence-electron chi connectivity index (χ3n) is 1.87. The minimum atomic E-state index is -0.610. The SMILES string of the molecule is NC(=O)C1=C(c2ccccc2)OCO1. The van der Waals surface area contributed by atoms with E-state index in [-0.39, 0.29) is 12.6 Å². The number of rotatable bonds is 2. The molecule has 0 radical (unpaired) electrons. The van der Waals surface area contributed by atoms with Crippen LogP contribution in [0, 0.1) is 0 Å². The minimum absolute atomic E-state index is 0.0441. The molecule has 0 spiro atoms. The molecule has 4 nitrogen and oxygen atoms in total. The molecule has 14 heavy (non-hydrogen) atoms. The maximum absolute atomic E-state index is 10.9. The van der Waals surface area contributed by atoms with Crippen LogP contribution in [0.2, 0.25) is 0 Å². The number of ether oxygens (including phenoxy) is 2. The van der Waals surface area contributed by atoms with E-state index < -0.39 is 5.91 Å². The van der Waals surface area contributed by atoms with Gasteiger partial charge in [0.2, 0.25) is 12.6 Å². The molecule has 1 aromatic rings. The highest BCUT2D eigenvalue weighted by Gasteiger charge is 2.23. The van der Waals surface area contributed by atoms with Crippen LogP contribution in [0.1, 0.15) is 5.56 Å². The summed E-state index contributed by atoms with van der Waals surface area (Å²) < 4.78 is 10.1. The summed E-state index contributed by atoms with van der Waals surface area (Å²) in [5.74, 6) is -0.101. The summed E-state index contributed by atoms with van der Waals surface area (Å²) in [5, 5.41) is 0. The van der Waals surface area contributed by atoms with Crippen molar-refractivity contribution in [3.63, 3.8) is 0 Å². The van der Waals surface area contributed by atoms with E-state index in [4.69, 9.17) is 15.2 Å². The van der Waals surface area contributed by atoms with Gasteiger partial charge in [0.05, 0.1) is 0 Å². The predicted octanol–water partition coefficient (Wildman–Crippen LogP) is 0.845. The lowest BCUT2D eigenvalue weighted by molar-refractivity contribution is -0.117. The summed E-state index contributed by atoms with van der Waals surface area (Å²) in [5.41, 5.74) is 5.91. The summed E-state index contributed by atoms with van der Waals surface area (Å²) in [7, 11) is 0. The number of benzene rings is 1. The van der Waals surface area contributed by atoms with Gasteiger partial charge in [-0.25, -0.2) is 0 Å². The van der Waals surface area contributed by atoms with Gasteiger partial charge in [0.1, 0.15) is 0 Å². The van der Waals surface area contributed by atoms with Gasteiger partial charge in [-0.15, -0.1) is 0 Å². The molecule has 0 unspecified atom stereocenters. The smallest absolute Gasteiger partial charge is 0.287 e. The third kappa shape index (κ3) is 1.42. The molecule has 0 saturated carbocycles. The average molecular weight is 191 g/mol. The number of carbonyl (C=O) groups excluding carboxylic acids is 1. The van der Waals surface area contributed by atoms with Crippen LogP contribution >= 0.6 is 0 Å². The van der Waals surface area contributed by atoms with Crippen LogP contribution in [-0.4, -0.2) is 12.7 Å². The van der Waals surface area contributed by atoms with Crippen LogP contribution in [0.3, 0.4) is 0 Å². The van der Waals surface area contributed by atoms with Gasteiger partial charge in [0.15, 0.2) is 5.76 Å². The van der Waals surface area contributed by atoms with Gasteiger partial charge in [-0.2, -0.15) is 0 Å². The van der Waals surface area contributed by atoms with E-state index in [0.717, 1.165) is 5.56 Å². The molecule has 1 amide bonds. The second-order valence-electron chi connectivity index (χ2n) is 2.80. The molecule has 72 valence electrons.